The summed E-state index contributed by atoms with van der Waals surface area (Å²) < 4.78 is 90.6. The molecule has 0 amide bonds. The zero-order valence-corrected chi connectivity index (χ0v) is 34.4. The van der Waals surface area contributed by atoms with Gasteiger partial charge >= 0.3 is 32.5 Å². The summed E-state index contributed by atoms with van der Waals surface area (Å²) in [6.07, 6.45) is -2.73. The van der Waals surface area contributed by atoms with E-state index in [1.807, 2.05) is 6.55 Å². The first-order valence-electron chi connectivity index (χ1n) is 14.1. The third-order valence-corrected chi connectivity index (χ3v) is 29.0. The third kappa shape index (κ3) is 15.8. The highest BCUT2D eigenvalue weighted by Gasteiger charge is 2.51. The summed E-state index contributed by atoms with van der Waals surface area (Å²) in [7, 11) is -5.38. The summed E-state index contributed by atoms with van der Waals surface area (Å²) in [5.41, 5.74) is 0. The molecule has 0 radical (unpaired) electrons. The summed E-state index contributed by atoms with van der Waals surface area (Å²) in [5.74, 6) is 0. The van der Waals surface area contributed by atoms with Gasteiger partial charge in [0.05, 0.1) is 0 Å². The van der Waals surface area contributed by atoms with E-state index in [0.717, 1.165) is 19.2 Å². The molecule has 0 N–H and O–H groups in total. The lowest BCUT2D eigenvalue weighted by atomic mass is 10.5. The molecule has 0 aliphatic rings. The second-order valence-corrected chi connectivity index (χ2v) is 34.4. The average Bonchev–Trinajstić information content (AvgIpc) is 2.89. The highest BCUT2D eigenvalue weighted by molar-refractivity contribution is 6.90. The number of hydrogen-bond acceptors (Lipinski definition) is 11. The van der Waals surface area contributed by atoms with Crippen molar-refractivity contribution in [3.8, 4) is 0 Å². The zero-order chi connectivity index (χ0) is 32.9. The number of halogens is 2. The van der Waals surface area contributed by atoms with Crippen molar-refractivity contribution in [1.82, 2.24) is 0 Å². The van der Waals surface area contributed by atoms with Gasteiger partial charge in [-0.3, -0.25) is 0 Å². The van der Waals surface area contributed by atoms with Crippen molar-refractivity contribution in [2.75, 3.05) is 63.0 Å². The fraction of sp³-hybridized carbons (Fsp3) is 1.00. The van der Waals surface area contributed by atoms with Crippen LogP contribution < -0.4 is 0 Å². The van der Waals surface area contributed by atoms with Crippen molar-refractivity contribution in [2.24, 2.45) is 0 Å². The van der Waals surface area contributed by atoms with Crippen molar-refractivity contribution in [2.45, 2.75) is 88.6 Å². The van der Waals surface area contributed by atoms with Crippen LogP contribution in [-0.2, 0) is 48.4 Å². The van der Waals surface area contributed by atoms with E-state index < -0.39 is 64.1 Å². The Morgan fingerprint density at radius 1 is 0.500 bits per heavy atom. The van der Waals surface area contributed by atoms with E-state index in [4.69, 9.17) is 43.6 Å². The molecular weight excluding hydrogens is 659 g/mol. The van der Waals surface area contributed by atoms with Gasteiger partial charge in [0, 0.05) is 75.0 Å². The van der Waals surface area contributed by atoms with Gasteiger partial charge in [-0.2, -0.15) is 8.78 Å². The Kier molecular flexibility index (Phi) is 18.5. The molecule has 0 aromatic carbocycles. The number of methoxy groups -OCH3 is 1. The highest BCUT2D eigenvalue weighted by atomic mass is 28.5. The molecule has 0 aromatic rings. The Hall–Kier alpha value is 0.721. The lowest BCUT2D eigenvalue weighted by molar-refractivity contribution is -0.249. The number of hydrogen-bond donors (Lipinski definition) is 0. The second kappa shape index (κ2) is 18.2. The largest absolute Gasteiger partial charge is 0.499 e. The van der Waals surface area contributed by atoms with Gasteiger partial charge in [0.2, 0.25) is 0 Å². The van der Waals surface area contributed by atoms with Crippen LogP contribution in [0, 0.1) is 0 Å². The maximum atomic E-state index is 13.3. The molecule has 0 rings (SSSR count). The minimum atomic E-state index is -3.30. The van der Waals surface area contributed by atoms with Crippen molar-refractivity contribution in [1.29, 1.82) is 0 Å². The van der Waals surface area contributed by atoms with E-state index in [2.05, 4.69) is 44.0 Å². The Labute approximate surface area is 259 Å². The number of ether oxygens (including phenoxy) is 2. The molecule has 0 aliphatic heterocycles. The predicted molar refractivity (Wildman–Crippen MR) is 172 cm³/mol. The Balaban J connectivity index is 5.84. The SMILES string of the molecule is COC(F)(F)COCCC[Si](C)(C)O[Si](C)(O[Si](C)(C)CC[Si](OC)(OC)OC)O[Si](C)(C)CC[Si](OC)(OC)OC. The molecule has 0 saturated heterocycles. The molecule has 0 fully saturated rings. The highest BCUT2D eigenvalue weighted by Crippen LogP contribution is 2.33. The van der Waals surface area contributed by atoms with Gasteiger partial charge in [-0.15, -0.1) is 0 Å². The van der Waals surface area contributed by atoms with Crippen LogP contribution in [0.25, 0.3) is 0 Å². The van der Waals surface area contributed by atoms with Crippen LogP contribution in [0.4, 0.5) is 8.78 Å². The van der Waals surface area contributed by atoms with Crippen LogP contribution in [0.1, 0.15) is 6.42 Å². The normalized spacial score (nSPS) is 14.6. The van der Waals surface area contributed by atoms with E-state index >= 15 is 0 Å². The Bertz CT molecular complexity index is 706. The molecule has 42 heavy (non-hydrogen) atoms. The predicted octanol–water partition coefficient (Wildman–Crippen LogP) is 5.62. The van der Waals surface area contributed by atoms with Gasteiger partial charge in [0.15, 0.2) is 25.0 Å². The molecule has 0 spiro atoms. The number of alkyl halides is 2. The van der Waals surface area contributed by atoms with E-state index in [0.29, 0.717) is 24.6 Å². The number of rotatable bonds is 25. The van der Waals surface area contributed by atoms with Gasteiger partial charge in [-0.1, -0.05) is 0 Å². The molecule has 0 bridgehead atoms. The minimum Gasteiger partial charge on any atom is -0.417 e. The summed E-state index contributed by atoms with van der Waals surface area (Å²) in [4.78, 5) is 0. The maximum Gasteiger partial charge on any atom is 0.499 e. The first kappa shape index (κ1) is 42.7. The van der Waals surface area contributed by atoms with Crippen LogP contribution in [0.3, 0.4) is 0 Å². The second-order valence-electron chi connectivity index (χ2n) is 12.0. The van der Waals surface area contributed by atoms with Crippen molar-refractivity contribution in [3.63, 3.8) is 0 Å². The summed E-state index contributed by atoms with van der Waals surface area (Å²) in [5, 5.41) is 0. The van der Waals surface area contributed by atoms with Crippen molar-refractivity contribution < 1.29 is 57.2 Å². The topological polar surface area (TPSA) is 102 Å². The van der Waals surface area contributed by atoms with Crippen LogP contribution in [0.15, 0.2) is 0 Å². The summed E-state index contributed by atoms with van der Waals surface area (Å²) >= 11 is 0. The quantitative estimate of drug-likeness (QED) is 0.0869. The minimum absolute atomic E-state index is 0.175. The molecular formula is C23H58F2O11Si6. The van der Waals surface area contributed by atoms with Gasteiger partial charge < -0.3 is 48.4 Å². The average molecular weight is 717 g/mol. The third-order valence-electron chi connectivity index (χ3n) is 6.95. The van der Waals surface area contributed by atoms with Crippen molar-refractivity contribution in [3.05, 3.63) is 0 Å². The first-order chi connectivity index (χ1) is 19.2. The first-order valence-corrected chi connectivity index (χ1v) is 29.5. The van der Waals surface area contributed by atoms with E-state index in [1.165, 1.54) is 0 Å². The standard InChI is InChI=1S/C23H58F2O11Si6/c1-26-23(24,25)22-33-16-15-17-37(8,9)34-40(14,35-38(10,11)18-20-41(27-2,28-3)29-4)36-39(12,13)19-21-42(30-5,31-6)32-7/h15-22H2,1-14H3. The lowest BCUT2D eigenvalue weighted by Gasteiger charge is -2.44. The molecule has 0 atom stereocenters. The fourth-order valence-corrected chi connectivity index (χ4v) is 30.0. The molecule has 0 heterocycles. The Morgan fingerprint density at radius 3 is 1.14 bits per heavy atom. The van der Waals surface area contributed by atoms with Crippen LogP contribution in [0.2, 0.25) is 76.0 Å². The molecule has 0 unspecified atom stereocenters. The van der Waals surface area contributed by atoms with Gasteiger partial charge in [0.1, 0.15) is 6.61 Å². The van der Waals surface area contributed by atoms with Crippen LogP contribution >= 0.6 is 0 Å². The van der Waals surface area contributed by atoms with Crippen molar-refractivity contribution >= 4 is 51.4 Å². The van der Waals surface area contributed by atoms with E-state index in [9.17, 15) is 8.78 Å². The maximum absolute atomic E-state index is 13.3. The van der Waals surface area contributed by atoms with Gasteiger partial charge in [-0.05, 0) is 63.8 Å². The van der Waals surface area contributed by atoms with Gasteiger partial charge in [-0.25, -0.2) is 0 Å². The Morgan fingerprint density at radius 2 is 0.833 bits per heavy atom. The van der Waals surface area contributed by atoms with E-state index in [-0.39, 0.29) is 6.61 Å². The molecule has 0 aromatic heterocycles. The smallest absolute Gasteiger partial charge is 0.417 e. The molecule has 19 heteroatoms. The molecule has 0 aliphatic carbocycles. The molecule has 0 saturated carbocycles. The van der Waals surface area contributed by atoms with Crippen LogP contribution in [0.5, 0.6) is 0 Å². The lowest BCUT2D eigenvalue weighted by Crippen LogP contribution is -2.60. The van der Waals surface area contributed by atoms with E-state index in [1.54, 1.807) is 42.7 Å². The fourth-order valence-electron chi connectivity index (χ4n) is 4.59. The van der Waals surface area contributed by atoms with Gasteiger partial charge in [0.25, 0.3) is 0 Å². The molecule has 11 nitrogen and oxygen atoms in total. The molecule has 254 valence electrons. The monoisotopic (exact) mass is 716 g/mol. The van der Waals surface area contributed by atoms with Crippen LogP contribution in [-0.4, -0.2) is 120 Å². The zero-order valence-electron chi connectivity index (χ0n) is 28.4. The summed E-state index contributed by atoms with van der Waals surface area (Å²) in [6, 6.07) is 3.35. The summed E-state index contributed by atoms with van der Waals surface area (Å²) in [6.45, 7) is 14.1.